The molecule has 0 radical (unpaired) electrons. The Kier molecular flexibility index (Phi) is 6.93. The van der Waals surface area contributed by atoms with Crippen molar-refractivity contribution in [3.05, 3.63) is 18.0 Å². The van der Waals surface area contributed by atoms with Crippen LogP contribution in [0.1, 0.15) is 45.3 Å². The Hall–Kier alpha value is -0.910. The average Bonchev–Trinajstić information content (AvgIpc) is 2.81. The molecule has 1 aromatic rings. The van der Waals surface area contributed by atoms with Gasteiger partial charge in [-0.2, -0.15) is 5.10 Å². The van der Waals surface area contributed by atoms with Crippen LogP contribution in [0.2, 0.25) is 0 Å². The quantitative estimate of drug-likeness (QED) is 0.399. The summed E-state index contributed by atoms with van der Waals surface area (Å²) in [5.74, 6) is 5.56. The molecule has 0 spiro atoms. The normalized spacial score (nSPS) is 13.2. The predicted molar refractivity (Wildman–Crippen MR) is 73.2 cm³/mol. The van der Waals surface area contributed by atoms with E-state index in [0.717, 1.165) is 38.2 Å². The van der Waals surface area contributed by atoms with E-state index in [4.69, 9.17) is 10.6 Å². The molecule has 0 saturated heterocycles. The van der Waals surface area contributed by atoms with E-state index in [9.17, 15) is 0 Å². The molecule has 3 N–H and O–H groups in total. The van der Waals surface area contributed by atoms with Crippen molar-refractivity contribution in [1.29, 1.82) is 0 Å². The molecule has 0 aliphatic carbocycles. The smallest absolute Gasteiger partial charge is 0.0640 e. The van der Waals surface area contributed by atoms with E-state index < -0.39 is 0 Å². The largest absolute Gasteiger partial charge is 0.381 e. The first-order valence-electron chi connectivity index (χ1n) is 6.75. The van der Waals surface area contributed by atoms with Gasteiger partial charge in [-0.15, -0.1) is 0 Å². The average molecular weight is 254 g/mol. The number of hydrogen-bond acceptors (Lipinski definition) is 4. The minimum atomic E-state index is 0.220. The highest BCUT2D eigenvalue weighted by Gasteiger charge is 2.10. The Morgan fingerprint density at radius 2 is 2.22 bits per heavy atom. The van der Waals surface area contributed by atoms with Crippen LogP contribution in [0.15, 0.2) is 12.3 Å². The van der Waals surface area contributed by atoms with Crippen molar-refractivity contribution in [1.82, 2.24) is 15.2 Å². The number of nitrogens with two attached hydrogens (primary N) is 1. The molecule has 104 valence electrons. The highest BCUT2D eigenvalue weighted by atomic mass is 16.5. The minimum absolute atomic E-state index is 0.220. The monoisotopic (exact) mass is 254 g/mol. The van der Waals surface area contributed by atoms with E-state index in [-0.39, 0.29) is 6.04 Å². The summed E-state index contributed by atoms with van der Waals surface area (Å²) < 4.78 is 7.44. The van der Waals surface area contributed by atoms with E-state index in [1.165, 1.54) is 0 Å². The van der Waals surface area contributed by atoms with Crippen molar-refractivity contribution in [3.63, 3.8) is 0 Å². The van der Waals surface area contributed by atoms with Crippen molar-refractivity contribution in [2.75, 3.05) is 13.2 Å². The summed E-state index contributed by atoms with van der Waals surface area (Å²) in [6.45, 7) is 7.91. The fourth-order valence-electron chi connectivity index (χ4n) is 1.74. The summed E-state index contributed by atoms with van der Waals surface area (Å²) in [5, 5.41) is 4.52. The second-order valence-corrected chi connectivity index (χ2v) is 4.85. The summed E-state index contributed by atoms with van der Waals surface area (Å²) >= 11 is 0. The standard InChI is InChI=1S/C13H26N4O/c1-4-8-18-9-6-12(15-14)10-13-5-7-17(16-13)11(2)3/h5,7,11-12,15H,4,6,8-10,14H2,1-3H3. The summed E-state index contributed by atoms with van der Waals surface area (Å²) in [6, 6.07) is 2.67. The van der Waals surface area contributed by atoms with Gasteiger partial charge in [0.25, 0.3) is 0 Å². The maximum Gasteiger partial charge on any atom is 0.0640 e. The topological polar surface area (TPSA) is 65.1 Å². The molecule has 1 aromatic heterocycles. The third kappa shape index (κ3) is 5.16. The van der Waals surface area contributed by atoms with Crippen LogP contribution in [-0.2, 0) is 11.2 Å². The van der Waals surface area contributed by atoms with Gasteiger partial charge < -0.3 is 4.74 Å². The van der Waals surface area contributed by atoms with Crippen molar-refractivity contribution in [2.45, 2.75) is 52.1 Å². The number of nitrogens with one attached hydrogen (secondary N) is 1. The Balaban J connectivity index is 2.36. The summed E-state index contributed by atoms with van der Waals surface area (Å²) in [7, 11) is 0. The molecule has 1 rings (SSSR count). The molecule has 5 nitrogen and oxygen atoms in total. The van der Waals surface area contributed by atoms with Crippen LogP contribution in [0.3, 0.4) is 0 Å². The fourth-order valence-corrected chi connectivity index (χ4v) is 1.74. The lowest BCUT2D eigenvalue weighted by molar-refractivity contribution is 0.124. The number of nitrogens with zero attached hydrogens (tertiary/aromatic N) is 2. The van der Waals surface area contributed by atoms with E-state index >= 15 is 0 Å². The van der Waals surface area contributed by atoms with E-state index in [1.54, 1.807) is 0 Å². The maximum absolute atomic E-state index is 5.56. The summed E-state index contributed by atoms with van der Waals surface area (Å²) in [6.07, 6.45) is 4.82. The first-order valence-corrected chi connectivity index (χ1v) is 6.75. The van der Waals surface area contributed by atoms with Crippen molar-refractivity contribution < 1.29 is 4.74 Å². The highest BCUT2D eigenvalue weighted by Crippen LogP contribution is 2.07. The van der Waals surface area contributed by atoms with Crippen LogP contribution < -0.4 is 11.3 Å². The Morgan fingerprint density at radius 3 is 2.78 bits per heavy atom. The van der Waals surface area contributed by atoms with Crippen LogP contribution in [0, 0.1) is 0 Å². The molecule has 0 aliphatic rings. The Labute approximate surface area is 110 Å². The van der Waals surface area contributed by atoms with Gasteiger partial charge in [0.05, 0.1) is 5.69 Å². The minimum Gasteiger partial charge on any atom is -0.381 e. The molecule has 0 saturated carbocycles. The lowest BCUT2D eigenvalue weighted by Gasteiger charge is -2.14. The van der Waals surface area contributed by atoms with Gasteiger partial charge in [-0.25, -0.2) is 0 Å². The van der Waals surface area contributed by atoms with Gasteiger partial charge in [-0.1, -0.05) is 6.92 Å². The fraction of sp³-hybridized carbons (Fsp3) is 0.769. The molecule has 18 heavy (non-hydrogen) atoms. The highest BCUT2D eigenvalue weighted by molar-refractivity contribution is 5.01. The first kappa shape index (κ1) is 15.1. The molecular formula is C13H26N4O. The van der Waals surface area contributed by atoms with E-state index in [0.29, 0.717) is 6.04 Å². The van der Waals surface area contributed by atoms with Gasteiger partial charge in [0.1, 0.15) is 0 Å². The third-order valence-corrected chi connectivity index (χ3v) is 2.84. The Morgan fingerprint density at radius 1 is 1.44 bits per heavy atom. The molecule has 5 heteroatoms. The Bertz CT molecular complexity index is 325. The lowest BCUT2D eigenvalue weighted by Crippen LogP contribution is -2.37. The molecular weight excluding hydrogens is 228 g/mol. The number of rotatable bonds is 9. The summed E-state index contributed by atoms with van der Waals surface area (Å²) in [4.78, 5) is 0. The number of hydrazine groups is 1. The molecule has 1 heterocycles. The van der Waals surface area contributed by atoms with Crippen molar-refractivity contribution in [3.8, 4) is 0 Å². The molecule has 1 atom stereocenters. The lowest BCUT2D eigenvalue weighted by atomic mass is 10.1. The molecule has 1 unspecified atom stereocenters. The van der Waals surface area contributed by atoms with Gasteiger partial charge in [-0.05, 0) is 32.8 Å². The first-order chi connectivity index (χ1) is 8.67. The zero-order valence-electron chi connectivity index (χ0n) is 11.7. The van der Waals surface area contributed by atoms with Gasteiger partial charge in [0.2, 0.25) is 0 Å². The van der Waals surface area contributed by atoms with Gasteiger partial charge in [0.15, 0.2) is 0 Å². The SMILES string of the molecule is CCCOCCC(Cc1ccn(C(C)C)n1)NN. The van der Waals surface area contributed by atoms with Crippen LogP contribution in [-0.4, -0.2) is 29.0 Å². The maximum atomic E-state index is 5.56. The number of aromatic nitrogens is 2. The molecule has 0 fully saturated rings. The number of ether oxygens (including phenoxy) is 1. The zero-order valence-corrected chi connectivity index (χ0v) is 11.7. The predicted octanol–water partition coefficient (Wildman–Crippen LogP) is 1.66. The van der Waals surface area contributed by atoms with E-state index in [1.807, 2.05) is 10.9 Å². The van der Waals surface area contributed by atoms with Crippen LogP contribution >= 0.6 is 0 Å². The second kappa shape index (κ2) is 8.24. The van der Waals surface area contributed by atoms with Crippen LogP contribution in [0.25, 0.3) is 0 Å². The van der Waals surface area contributed by atoms with Crippen LogP contribution in [0.4, 0.5) is 0 Å². The van der Waals surface area contributed by atoms with Gasteiger partial charge in [0, 0.05) is 37.9 Å². The van der Waals surface area contributed by atoms with Crippen LogP contribution in [0.5, 0.6) is 0 Å². The zero-order chi connectivity index (χ0) is 13.4. The number of hydrogen-bond donors (Lipinski definition) is 2. The van der Waals surface area contributed by atoms with E-state index in [2.05, 4.69) is 37.4 Å². The molecule has 0 bridgehead atoms. The van der Waals surface area contributed by atoms with Crippen molar-refractivity contribution in [2.24, 2.45) is 5.84 Å². The second-order valence-electron chi connectivity index (χ2n) is 4.85. The molecule has 0 aliphatic heterocycles. The summed E-state index contributed by atoms with van der Waals surface area (Å²) in [5.41, 5.74) is 3.91. The van der Waals surface area contributed by atoms with Gasteiger partial charge in [-0.3, -0.25) is 16.0 Å². The molecule has 0 amide bonds. The van der Waals surface area contributed by atoms with Crippen molar-refractivity contribution >= 4 is 0 Å². The molecule has 0 aromatic carbocycles. The third-order valence-electron chi connectivity index (χ3n) is 2.84. The van der Waals surface area contributed by atoms with Gasteiger partial charge >= 0.3 is 0 Å².